The van der Waals surface area contributed by atoms with Crippen molar-refractivity contribution in [3.63, 3.8) is 0 Å². The maximum absolute atomic E-state index is 13.0. The van der Waals surface area contributed by atoms with Gasteiger partial charge in [0, 0.05) is 11.3 Å². The van der Waals surface area contributed by atoms with Gasteiger partial charge < -0.3 is 5.11 Å². The molecule has 142 valence electrons. The maximum atomic E-state index is 13.0. The second-order valence-corrected chi connectivity index (χ2v) is 6.52. The van der Waals surface area contributed by atoms with E-state index in [-0.39, 0.29) is 6.61 Å². The molecule has 1 aromatic heterocycles. The van der Waals surface area contributed by atoms with E-state index < -0.39 is 11.7 Å². The second kappa shape index (κ2) is 7.56. The Morgan fingerprint density at radius 1 is 1.04 bits per heavy atom. The van der Waals surface area contributed by atoms with E-state index in [4.69, 9.17) is 0 Å². The molecule has 0 atom stereocenters. The van der Waals surface area contributed by atoms with Crippen LogP contribution < -0.4 is 0 Å². The molecule has 6 heteroatoms. The highest BCUT2D eigenvalue weighted by molar-refractivity contribution is 5.72. The molecular weight excluding hydrogens is 353 g/mol. The average Bonchev–Trinajstić information content (AvgIpc) is 2.89. The third kappa shape index (κ3) is 4.06. The van der Waals surface area contributed by atoms with Crippen LogP contribution in [-0.4, -0.2) is 21.5 Å². The highest BCUT2D eigenvalue weighted by Gasteiger charge is 2.30. The Morgan fingerprint density at radius 2 is 1.78 bits per heavy atom. The van der Waals surface area contributed by atoms with Crippen molar-refractivity contribution in [1.29, 1.82) is 0 Å². The molecule has 0 saturated carbocycles. The van der Waals surface area contributed by atoms with E-state index in [1.165, 1.54) is 12.1 Å². The summed E-state index contributed by atoms with van der Waals surface area (Å²) in [6, 6.07) is 13.1. The first kappa shape index (κ1) is 19.2. The molecule has 3 nitrogen and oxygen atoms in total. The third-order valence-corrected chi connectivity index (χ3v) is 4.63. The van der Waals surface area contributed by atoms with Gasteiger partial charge in [0.1, 0.15) is 0 Å². The number of aryl methyl sites for hydroxylation is 1. The molecule has 0 saturated heterocycles. The van der Waals surface area contributed by atoms with Crippen LogP contribution in [0.5, 0.6) is 0 Å². The summed E-state index contributed by atoms with van der Waals surface area (Å²) in [4.78, 5) is 0. The van der Waals surface area contributed by atoms with Gasteiger partial charge >= 0.3 is 6.18 Å². The summed E-state index contributed by atoms with van der Waals surface area (Å²) in [6.07, 6.45) is -3.96. The summed E-state index contributed by atoms with van der Waals surface area (Å²) in [5, 5.41) is 13.7. The van der Waals surface area contributed by atoms with Crippen molar-refractivity contribution in [2.45, 2.75) is 33.0 Å². The summed E-state index contributed by atoms with van der Waals surface area (Å²) in [5.41, 5.74) is 4.58. The molecule has 0 unspecified atom stereocenters. The Balaban J connectivity index is 2.01. The number of rotatable bonds is 5. The Labute approximate surface area is 156 Å². The van der Waals surface area contributed by atoms with Crippen LogP contribution >= 0.6 is 0 Å². The highest BCUT2D eigenvalue weighted by atomic mass is 19.4. The number of nitrogens with zero attached hydrogens (tertiary/aromatic N) is 2. The van der Waals surface area contributed by atoms with Crippen molar-refractivity contribution in [2.24, 2.45) is 0 Å². The van der Waals surface area contributed by atoms with E-state index in [2.05, 4.69) is 5.10 Å². The van der Waals surface area contributed by atoms with Gasteiger partial charge in [-0.15, -0.1) is 0 Å². The van der Waals surface area contributed by atoms with Crippen molar-refractivity contribution in [3.8, 4) is 11.1 Å². The fraction of sp³-hybridized carbons (Fsp3) is 0.286. The molecule has 1 N–H and O–H groups in total. The summed E-state index contributed by atoms with van der Waals surface area (Å²) < 4.78 is 40.8. The minimum atomic E-state index is -4.35. The van der Waals surface area contributed by atoms with Gasteiger partial charge in [-0.05, 0) is 43.0 Å². The van der Waals surface area contributed by atoms with E-state index in [9.17, 15) is 18.3 Å². The summed E-state index contributed by atoms with van der Waals surface area (Å²) >= 11 is 0. The molecule has 0 amide bonds. The zero-order valence-corrected chi connectivity index (χ0v) is 15.2. The highest BCUT2D eigenvalue weighted by Crippen LogP contribution is 2.33. The Kier molecular flexibility index (Phi) is 5.37. The van der Waals surface area contributed by atoms with Gasteiger partial charge in [-0.25, -0.2) is 0 Å². The normalized spacial score (nSPS) is 11.8. The molecular formula is C21H21F3N2O. The van der Waals surface area contributed by atoms with Gasteiger partial charge in [0.2, 0.25) is 0 Å². The lowest BCUT2D eigenvalue weighted by Crippen LogP contribution is -2.06. The van der Waals surface area contributed by atoms with Gasteiger partial charge in [-0.1, -0.05) is 42.5 Å². The van der Waals surface area contributed by atoms with E-state index in [0.717, 1.165) is 34.1 Å². The summed E-state index contributed by atoms with van der Waals surface area (Å²) in [6.45, 7) is 4.24. The van der Waals surface area contributed by atoms with Crippen molar-refractivity contribution < 1.29 is 18.3 Å². The standard InChI is InChI=1S/C21H21F3N2O/c1-14-20(15(2)26(25-14)10-11-27)19-9-4-3-7-17(19)12-16-6-5-8-18(13-16)21(22,23)24/h3-9,13,27H,10-12H2,1-2H3. The number of aliphatic hydroxyl groups is 1. The van der Waals surface area contributed by atoms with Crippen molar-refractivity contribution in [2.75, 3.05) is 6.61 Å². The molecule has 0 radical (unpaired) electrons. The van der Waals surface area contributed by atoms with Crippen LogP contribution in [0.15, 0.2) is 48.5 Å². The maximum Gasteiger partial charge on any atom is 0.416 e. The van der Waals surface area contributed by atoms with Crippen LogP contribution in [0.1, 0.15) is 28.1 Å². The number of hydrogen-bond acceptors (Lipinski definition) is 2. The number of hydrogen-bond donors (Lipinski definition) is 1. The molecule has 0 fully saturated rings. The molecule has 3 aromatic rings. The van der Waals surface area contributed by atoms with Gasteiger partial charge in [0.25, 0.3) is 0 Å². The SMILES string of the molecule is Cc1nn(CCO)c(C)c1-c1ccccc1Cc1cccc(C(F)(F)F)c1. The van der Waals surface area contributed by atoms with Crippen LogP contribution in [0.3, 0.4) is 0 Å². The van der Waals surface area contributed by atoms with E-state index in [1.807, 2.05) is 38.1 Å². The van der Waals surface area contributed by atoms with Gasteiger partial charge in [-0.2, -0.15) is 18.3 Å². The predicted octanol–water partition coefficient (Wildman–Crippen LogP) is 4.77. The smallest absolute Gasteiger partial charge is 0.394 e. The summed E-state index contributed by atoms with van der Waals surface area (Å²) in [7, 11) is 0. The Bertz CT molecular complexity index is 945. The van der Waals surface area contributed by atoms with Gasteiger partial charge in [0.15, 0.2) is 0 Å². The number of aliphatic hydroxyl groups excluding tert-OH is 1. The van der Waals surface area contributed by atoms with Gasteiger partial charge in [-0.3, -0.25) is 4.68 Å². The number of benzene rings is 2. The van der Waals surface area contributed by atoms with Crippen molar-refractivity contribution in [3.05, 3.63) is 76.6 Å². The molecule has 0 aliphatic carbocycles. The molecule has 0 spiro atoms. The zero-order chi connectivity index (χ0) is 19.6. The van der Waals surface area contributed by atoms with Crippen LogP contribution in [-0.2, 0) is 19.1 Å². The van der Waals surface area contributed by atoms with E-state index in [0.29, 0.717) is 18.5 Å². The molecule has 3 rings (SSSR count). The fourth-order valence-corrected chi connectivity index (χ4v) is 3.40. The number of halogens is 3. The predicted molar refractivity (Wildman–Crippen MR) is 98.5 cm³/mol. The number of alkyl halides is 3. The largest absolute Gasteiger partial charge is 0.416 e. The molecule has 0 bridgehead atoms. The molecule has 0 aliphatic heterocycles. The lowest BCUT2D eigenvalue weighted by Gasteiger charge is -2.12. The molecule has 2 aromatic carbocycles. The van der Waals surface area contributed by atoms with Crippen LogP contribution in [0.25, 0.3) is 11.1 Å². The number of aromatic nitrogens is 2. The third-order valence-electron chi connectivity index (χ3n) is 4.63. The first-order valence-corrected chi connectivity index (χ1v) is 8.70. The van der Waals surface area contributed by atoms with Crippen LogP contribution in [0.2, 0.25) is 0 Å². The van der Waals surface area contributed by atoms with Crippen LogP contribution in [0.4, 0.5) is 13.2 Å². The summed E-state index contributed by atoms with van der Waals surface area (Å²) in [5.74, 6) is 0. The van der Waals surface area contributed by atoms with E-state index >= 15 is 0 Å². The minimum Gasteiger partial charge on any atom is -0.394 e. The monoisotopic (exact) mass is 374 g/mol. The average molecular weight is 374 g/mol. The molecule has 27 heavy (non-hydrogen) atoms. The van der Waals surface area contributed by atoms with Crippen LogP contribution in [0, 0.1) is 13.8 Å². The second-order valence-electron chi connectivity index (χ2n) is 6.52. The fourth-order valence-electron chi connectivity index (χ4n) is 3.40. The Morgan fingerprint density at radius 3 is 2.48 bits per heavy atom. The van der Waals surface area contributed by atoms with Crippen molar-refractivity contribution in [1.82, 2.24) is 9.78 Å². The molecule has 0 aliphatic rings. The quantitative estimate of drug-likeness (QED) is 0.699. The van der Waals surface area contributed by atoms with E-state index in [1.54, 1.807) is 10.7 Å². The minimum absolute atomic E-state index is 0.00667. The topological polar surface area (TPSA) is 38.0 Å². The lowest BCUT2D eigenvalue weighted by molar-refractivity contribution is -0.137. The van der Waals surface area contributed by atoms with Crippen molar-refractivity contribution >= 4 is 0 Å². The first-order chi connectivity index (χ1) is 12.8. The Hall–Kier alpha value is -2.60. The zero-order valence-electron chi connectivity index (χ0n) is 15.2. The van der Waals surface area contributed by atoms with Gasteiger partial charge in [0.05, 0.1) is 24.4 Å². The first-order valence-electron chi connectivity index (χ1n) is 8.70. The lowest BCUT2D eigenvalue weighted by atomic mass is 9.93. The molecule has 1 heterocycles.